The van der Waals surface area contributed by atoms with Crippen LogP contribution in [-0.2, 0) is 0 Å². The lowest BCUT2D eigenvalue weighted by molar-refractivity contribution is 0.628. The Labute approximate surface area is 107 Å². The van der Waals surface area contributed by atoms with Crippen molar-refractivity contribution in [2.45, 2.75) is 33.6 Å². The number of hydrogen-bond donors (Lipinski definition) is 1. The van der Waals surface area contributed by atoms with E-state index in [0.29, 0.717) is 5.92 Å². The van der Waals surface area contributed by atoms with Gasteiger partial charge in [-0.05, 0) is 43.5 Å². The molecule has 0 fully saturated rings. The Hall–Kier alpha value is -1.64. The number of pyridine rings is 1. The van der Waals surface area contributed by atoms with E-state index in [9.17, 15) is 4.39 Å². The highest BCUT2D eigenvalue weighted by Crippen LogP contribution is 2.29. The number of aryl methyl sites for hydroxylation is 1. The first-order chi connectivity index (χ1) is 8.52. The molecular formula is C15H19FN2. The lowest BCUT2D eigenvalue weighted by atomic mass is 10.0. The van der Waals surface area contributed by atoms with Gasteiger partial charge in [0.2, 0.25) is 0 Å². The van der Waals surface area contributed by atoms with Gasteiger partial charge in [0.1, 0.15) is 5.82 Å². The van der Waals surface area contributed by atoms with Crippen molar-refractivity contribution in [3.63, 3.8) is 0 Å². The second kappa shape index (κ2) is 4.92. The molecule has 3 heteroatoms. The largest absolute Gasteiger partial charge is 0.385 e. The maximum Gasteiger partial charge on any atom is 0.124 e. The van der Waals surface area contributed by atoms with Crippen LogP contribution in [0.3, 0.4) is 0 Å². The molecule has 1 N–H and O–H groups in total. The molecule has 1 aromatic heterocycles. The third-order valence-corrected chi connectivity index (χ3v) is 3.05. The van der Waals surface area contributed by atoms with Gasteiger partial charge in [-0.15, -0.1) is 0 Å². The van der Waals surface area contributed by atoms with Crippen LogP contribution in [0.15, 0.2) is 18.2 Å². The van der Waals surface area contributed by atoms with Gasteiger partial charge < -0.3 is 5.32 Å². The minimum Gasteiger partial charge on any atom is -0.385 e. The van der Waals surface area contributed by atoms with Crippen LogP contribution in [0.5, 0.6) is 0 Å². The Kier molecular flexibility index (Phi) is 3.50. The molecule has 2 rings (SSSR count). The van der Waals surface area contributed by atoms with Crippen molar-refractivity contribution < 1.29 is 4.39 Å². The Bertz CT molecular complexity index is 576. The van der Waals surface area contributed by atoms with E-state index in [0.717, 1.165) is 34.4 Å². The normalized spacial score (nSPS) is 11.2. The molecule has 0 aliphatic carbocycles. The van der Waals surface area contributed by atoms with E-state index in [1.807, 2.05) is 19.9 Å². The van der Waals surface area contributed by atoms with E-state index in [2.05, 4.69) is 24.1 Å². The van der Waals surface area contributed by atoms with Crippen LogP contribution in [0, 0.1) is 12.7 Å². The van der Waals surface area contributed by atoms with Crippen molar-refractivity contribution >= 4 is 16.6 Å². The van der Waals surface area contributed by atoms with Crippen molar-refractivity contribution in [3.8, 4) is 0 Å². The second-order valence-electron chi connectivity index (χ2n) is 4.90. The van der Waals surface area contributed by atoms with Gasteiger partial charge in [-0.25, -0.2) is 4.39 Å². The number of anilines is 1. The summed E-state index contributed by atoms with van der Waals surface area (Å²) in [4.78, 5) is 4.65. The summed E-state index contributed by atoms with van der Waals surface area (Å²) in [6, 6.07) is 5.11. The lowest BCUT2D eigenvalue weighted by Crippen LogP contribution is -2.03. The highest BCUT2D eigenvalue weighted by molar-refractivity contribution is 5.93. The third kappa shape index (κ3) is 2.30. The molecule has 0 bridgehead atoms. The van der Waals surface area contributed by atoms with Crippen LogP contribution in [0.25, 0.3) is 10.9 Å². The fraction of sp³-hybridized carbons (Fsp3) is 0.400. The zero-order valence-corrected chi connectivity index (χ0v) is 11.3. The summed E-state index contributed by atoms with van der Waals surface area (Å²) >= 11 is 0. The Balaban J connectivity index is 2.76. The van der Waals surface area contributed by atoms with Crippen LogP contribution >= 0.6 is 0 Å². The maximum atomic E-state index is 13.5. The summed E-state index contributed by atoms with van der Waals surface area (Å²) in [6.45, 7) is 8.98. The summed E-state index contributed by atoms with van der Waals surface area (Å²) in [5.74, 6) is 0.148. The second-order valence-corrected chi connectivity index (χ2v) is 4.90. The fourth-order valence-electron chi connectivity index (χ4n) is 2.11. The quantitative estimate of drug-likeness (QED) is 0.876. The van der Waals surface area contributed by atoms with E-state index in [-0.39, 0.29) is 5.82 Å². The molecule has 0 atom stereocenters. The summed E-state index contributed by atoms with van der Waals surface area (Å²) < 4.78 is 13.5. The van der Waals surface area contributed by atoms with E-state index in [1.165, 1.54) is 6.07 Å². The first kappa shape index (κ1) is 12.8. The molecule has 0 aliphatic heterocycles. The Morgan fingerprint density at radius 2 is 2.00 bits per heavy atom. The average Bonchev–Trinajstić information content (AvgIpc) is 2.29. The molecule has 0 unspecified atom stereocenters. The van der Waals surface area contributed by atoms with Crippen molar-refractivity contribution in [3.05, 3.63) is 35.3 Å². The van der Waals surface area contributed by atoms with Gasteiger partial charge in [-0.3, -0.25) is 4.98 Å². The van der Waals surface area contributed by atoms with Crippen molar-refractivity contribution in [2.75, 3.05) is 11.9 Å². The fourth-order valence-corrected chi connectivity index (χ4v) is 2.11. The van der Waals surface area contributed by atoms with E-state index < -0.39 is 0 Å². The number of aromatic nitrogens is 1. The summed E-state index contributed by atoms with van der Waals surface area (Å²) in [5, 5.41) is 4.15. The zero-order chi connectivity index (χ0) is 13.3. The molecular weight excluding hydrogens is 227 g/mol. The van der Waals surface area contributed by atoms with E-state index in [1.54, 1.807) is 6.07 Å². The van der Waals surface area contributed by atoms with Crippen molar-refractivity contribution in [1.82, 2.24) is 4.98 Å². The summed E-state index contributed by atoms with van der Waals surface area (Å²) in [5.41, 5.74) is 3.77. The zero-order valence-electron chi connectivity index (χ0n) is 11.3. The topological polar surface area (TPSA) is 24.9 Å². The van der Waals surface area contributed by atoms with Crippen molar-refractivity contribution in [1.29, 1.82) is 0 Å². The first-order valence-corrected chi connectivity index (χ1v) is 6.37. The maximum absolute atomic E-state index is 13.5. The molecule has 0 spiro atoms. The molecule has 0 aliphatic rings. The molecule has 0 saturated heterocycles. The minimum absolute atomic E-state index is 0.210. The molecule has 0 radical (unpaired) electrons. The molecule has 18 heavy (non-hydrogen) atoms. The Morgan fingerprint density at radius 3 is 2.61 bits per heavy atom. The monoisotopic (exact) mass is 246 g/mol. The molecule has 96 valence electrons. The van der Waals surface area contributed by atoms with Crippen LogP contribution in [-0.4, -0.2) is 11.5 Å². The highest BCUT2D eigenvalue weighted by Gasteiger charge is 2.11. The lowest BCUT2D eigenvalue weighted by Gasteiger charge is -2.14. The van der Waals surface area contributed by atoms with Crippen molar-refractivity contribution in [2.24, 2.45) is 0 Å². The number of halogens is 1. The predicted octanol–water partition coefficient (Wildman–Crippen LogP) is 4.24. The van der Waals surface area contributed by atoms with Gasteiger partial charge in [-0.2, -0.15) is 0 Å². The number of fused-ring (bicyclic) bond motifs is 1. The summed E-state index contributed by atoms with van der Waals surface area (Å²) in [6.07, 6.45) is 0. The van der Waals surface area contributed by atoms with Crippen LogP contribution in [0.4, 0.5) is 10.1 Å². The molecule has 1 heterocycles. The molecule has 2 aromatic rings. The van der Waals surface area contributed by atoms with Crippen LogP contribution < -0.4 is 5.32 Å². The highest BCUT2D eigenvalue weighted by atomic mass is 19.1. The van der Waals surface area contributed by atoms with Gasteiger partial charge in [-0.1, -0.05) is 13.8 Å². The number of hydrogen-bond acceptors (Lipinski definition) is 2. The standard InChI is InChI=1S/C15H19FN2/c1-5-17-14-8-13(9(2)3)18-15-10(4)6-11(16)7-12(14)15/h6-9H,5H2,1-4H3,(H,17,18). The van der Waals surface area contributed by atoms with Crippen LogP contribution in [0.2, 0.25) is 0 Å². The molecule has 1 aromatic carbocycles. The average molecular weight is 246 g/mol. The minimum atomic E-state index is -0.210. The number of nitrogens with one attached hydrogen (secondary N) is 1. The Morgan fingerprint density at radius 1 is 1.28 bits per heavy atom. The molecule has 0 amide bonds. The first-order valence-electron chi connectivity index (χ1n) is 6.37. The number of nitrogens with zero attached hydrogens (tertiary/aromatic N) is 1. The third-order valence-electron chi connectivity index (χ3n) is 3.05. The number of benzene rings is 1. The summed E-state index contributed by atoms with van der Waals surface area (Å²) in [7, 11) is 0. The number of rotatable bonds is 3. The van der Waals surface area contributed by atoms with Gasteiger partial charge in [0.05, 0.1) is 5.52 Å². The smallest absolute Gasteiger partial charge is 0.124 e. The molecule has 0 saturated carbocycles. The van der Waals surface area contributed by atoms with E-state index >= 15 is 0 Å². The van der Waals surface area contributed by atoms with Gasteiger partial charge in [0, 0.05) is 23.3 Å². The SMILES string of the molecule is CCNc1cc(C(C)C)nc2c(C)cc(F)cc12. The van der Waals surface area contributed by atoms with Gasteiger partial charge >= 0.3 is 0 Å². The van der Waals surface area contributed by atoms with Gasteiger partial charge in [0.25, 0.3) is 0 Å². The van der Waals surface area contributed by atoms with Crippen LogP contribution in [0.1, 0.15) is 37.9 Å². The van der Waals surface area contributed by atoms with Gasteiger partial charge in [0.15, 0.2) is 0 Å². The predicted molar refractivity (Wildman–Crippen MR) is 74.7 cm³/mol. The van der Waals surface area contributed by atoms with E-state index in [4.69, 9.17) is 0 Å². The molecule has 2 nitrogen and oxygen atoms in total.